The molecule has 40 heavy (non-hydrogen) atoms. The van der Waals surface area contributed by atoms with Gasteiger partial charge in [0, 0.05) is 12.2 Å². The number of amides is 2. The Bertz CT molecular complexity index is 1610. The molecule has 1 unspecified atom stereocenters. The molecule has 0 aliphatic heterocycles. The van der Waals surface area contributed by atoms with Crippen LogP contribution in [-0.2, 0) is 27.8 Å². The lowest BCUT2D eigenvalue weighted by atomic mass is 10.0. The number of anilines is 1. The molecule has 4 rings (SSSR count). The van der Waals surface area contributed by atoms with E-state index in [9.17, 15) is 23.1 Å². The predicted octanol–water partition coefficient (Wildman–Crippen LogP) is 5.96. The van der Waals surface area contributed by atoms with Crippen LogP contribution in [-0.4, -0.2) is 31.6 Å². The summed E-state index contributed by atoms with van der Waals surface area (Å²) in [6, 6.07) is 26.2. The van der Waals surface area contributed by atoms with E-state index in [-0.39, 0.29) is 27.4 Å². The van der Waals surface area contributed by atoms with Crippen molar-refractivity contribution in [3.8, 4) is 11.1 Å². The van der Waals surface area contributed by atoms with Crippen molar-refractivity contribution in [1.82, 2.24) is 10.0 Å². The van der Waals surface area contributed by atoms with E-state index in [1.807, 2.05) is 48.5 Å². The van der Waals surface area contributed by atoms with E-state index in [4.69, 9.17) is 23.2 Å². The first-order chi connectivity index (χ1) is 19.1. The number of sulfonamides is 1. The zero-order chi connectivity index (χ0) is 28.7. The Labute approximate surface area is 242 Å². The van der Waals surface area contributed by atoms with Crippen LogP contribution in [0.4, 0.5) is 10.5 Å². The molecule has 11 heteroatoms. The van der Waals surface area contributed by atoms with Gasteiger partial charge in [0.1, 0.15) is 10.9 Å². The van der Waals surface area contributed by atoms with Crippen molar-refractivity contribution in [2.75, 3.05) is 5.32 Å². The average molecular weight is 599 g/mol. The fraction of sp³-hybridized carbons (Fsp3) is 0.103. The van der Waals surface area contributed by atoms with Crippen molar-refractivity contribution in [2.45, 2.75) is 23.9 Å². The van der Waals surface area contributed by atoms with Gasteiger partial charge in [0.05, 0.1) is 10.0 Å². The second-order valence-corrected chi connectivity index (χ2v) is 11.3. The molecule has 0 aliphatic carbocycles. The number of benzene rings is 4. The number of aliphatic carboxylic acids is 1. The van der Waals surface area contributed by atoms with Crippen LogP contribution in [0.15, 0.2) is 102 Å². The van der Waals surface area contributed by atoms with Crippen molar-refractivity contribution in [3.05, 3.63) is 118 Å². The maximum Gasteiger partial charge on any atom is 0.322 e. The molecular formula is C29H25Cl2N3O5S. The van der Waals surface area contributed by atoms with E-state index in [0.29, 0.717) is 17.8 Å². The number of rotatable bonds is 10. The third kappa shape index (κ3) is 7.61. The summed E-state index contributed by atoms with van der Waals surface area (Å²) in [5, 5.41) is 15.2. The largest absolute Gasteiger partial charge is 0.480 e. The summed E-state index contributed by atoms with van der Waals surface area (Å²) in [5.74, 6) is -1.34. The standard InChI is InChI=1S/C29H25Cl2N3O5S/c30-24-10-5-11-26(27(24)31)40(38,39)34-25(28(35)36)16-19-12-14-21(15-13-19)22-8-4-9-23(17-22)33-29(37)32-18-20-6-2-1-3-7-20/h1-15,17,25,34H,16,18H2,(H,35,36)(H2,32,33,37). The Morgan fingerprint density at radius 1 is 0.800 bits per heavy atom. The second-order valence-electron chi connectivity index (χ2n) is 8.84. The first-order valence-corrected chi connectivity index (χ1v) is 14.3. The first-order valence-electron chi connectivity index (χ1n) is 12.1. The molecule has 4 N–H and O–H groups in total. The van der Waals surface area contributed by atoms with Gasteiger partial charge in [-0.05, 0) is 52.9 Å². The van der Waals surface area contributed by atoms with Gasteiger partial charge in [0.15, 0.2) is 0 Å². The Morgan fingerprint density at radius 3 is 2.20 bits per heavy atom. The summed E-state index contributed by atoms with van der Waals surface area (Å²) in [5.41, 5.74) is 3.85. The third-order valence-corrected chi connectivity index (χ3v) is 8.39. The maximum absolute atomic E-state index is 12.8. The lowest BCUT2D eigenvalue weighted by Crippen LogP contribution is -2.42. The minimum atomic E-state index is -4.25. The van der Waals surface area contributed by atoms with Crippen molar-refractivity contribution >= 4 is 50.9 Å². The number of hydrogen-bond acceptors (Lipinski definition) is 4. The monoisotopic (exact) mass is 597 g/mol. The minimum absolute atomic E-state index is 0.0408. The van der Waals surface area contributed by atoms with Crippen LogP contribution >= 0.6 is 23.2 Å². The van der Waals surface area contributed by atoms with Crippen LogP contribution in [0.2, 0.25) is 10.0 Å². The molecular weight excluding hydrogens is 573 g/mol. The number of halogens is 2. The van der Waals surface area contributed by atoms with Gasteiger partial charge in [-0.15, -0.1) is 0 Å². The first kappa shape index (κ1) is 29.1. The van der Waals surface area contributed by atoms with Crippen molar-refractivity contribution in [1.29, 1.82) is 0 Å². The molecule has 0 bridgehead atoms. The van der Waals surface area contributed by atoms with Gasteiger partial charge in [0.2, 0.25) is 10.0 Å². The number of carbonyl (C=O) groups is 2. The SMILES string of the molecule is O=C(NCc1ccccc1)Nc1cccc(-c2ccc(CC(NS(=O)(=O)c3cccc(Cl)c3Cl)C(=O)O)cc2)c1. The molecule has 4 aromatic rings. The Morgan fingerprint density at radius 2 is 1.50 bits per heavy atom. The summed E-state index contributed by atoms with van der Waals surface area (Å²) in [7, 11) is -4.25. The third-order valence-electron chi connectivity index (χ3n) is 5.94. The van der Waals surface area contributed by atoms with Crippen LogP contribution in [0.3, 0.4) is 0 Å². The van der Waals surface area contributed by atoms with Crippen LogP contribution in [0, 0.1) is 0 Å². The molecule has 0 fully saturated rings. The lowest BCUT2D eigenvalue weighted by molar-refractivity contribution is -0.138. The minimum Gasteiger partial charge on any atom is -0.480 e. The number of nitrogens with one attached hydrogen (secondary N) is 3. The van der Waals surface area contributed by atoms with Gasteiger partial charge in [-0.1, -0.05) is 96.0 Å². The Hall–Kier alpha value is -3.89. The summed E-state index contributed by atoms with van der Waals surface area (Å²) in [6.45, 7) is 0.396. The normalized spacial score (nSPS) is 11.9. The van der Waals surface area contributed by atoms with Crippen LogP contribution in [0.25, 0.3) is 11.1 Å². The molecule has 0 spiro atoms. The highest BCUT2D eigenvalue weighted by Crippen LogP contribution is 2.29. The Kier molecular flexibility index (Phi) is 9.44. The number of urea groups is 1. The van der Waals surface area contributed by atoms with Crippen LogP contribution in [0.1, 0.15) is 11.1 Å². The fourth-order valence-electron chi connectivity index (χ4n) is 3.92. The molecule has 4 aromatic carbocycles. The van der Waals surface area contributed by atoms with Gasteiger partial charge in [-0.2, -0.15) is 4.72 Å². The van der Waals surface area contributed by atoms with Gasteiger partial charge < -0.3 is 15.7 Å². The second kappa shape index (κ2) is 13.0. The van der Waals surface area contributed by atoms with E-state index in [0.717, 1.165) is 16.7 Å². The zero-order valence-electron chi connectivity index (χ0n) is 21.0. The quantitative estimate of drug-likeness (QED) is 0.180. The molecule has 1 atom stereocenters. The van der Waals surface area contributed by atoms with Crippen molar-refractivity contribution in [3.63, 3.8) is 0 Å². The smallest absolute Gasteiger partial charge is 0.322 e. The average Bonchev–Trinajstić information content (AvgIpc) is 2.94. The molecule has 8 nitrogen and oxygen atoms in total. The molecule has 0 heterocycles. The van der Waals surface area contributed by atoms with E-state index in [2.05, 4.69) is 15.4 Å². The van der Waals surface area contributed by atoms with E-state index in [1.165, 1.54) is 18.2 Å². The highest BCUT2D eigenvalue weighted by Gasteiger charge is 2.28. The van der Waals surface area contributed by atoms with Crippen LogP contribution < -0.4 is 15.4 Å². The zero-order valence-corrected chi connectivity index (χ0v) is 23.3. The topological polar surface area (TPSA) is 125 Å². The van der Waals surface area contributed by atoms with Gasteiger partial charge in [0.25, 0.3) is 0 Å². The summed E-state index contributed by atoms with van der Waals surface area (Å²) >= 11 is 12.0. The molecule has 0 saturated heterocycles. The number of carbonyl (C=O) groups excluding carboxylic acids is 1. The molecule has 0 aliphatic rings. The lowest BCUT2D eigenvalue weighted by Gasteiger charge is -2.16. The molecule has 2 amide bonds. The highest BCUT2D eigenvalue weighted by atomic mass is 35.5. The highest BCUT2D eigenvalue weighted by molar-refractivity contribution is 7.89. The molecule has 0 saturated carbocycles. The van der Waals surface area contributed by atoms with E-state index in [1.54, 1.807) is 30.3 Å². The van der Waals surface area contributed by atoms with Crippen LogP contribution in [0.5, 0.6) is 0 Å². The van der Waals surface area contributed by atoms with Gasteiger partial charge in [-0.3, -0.25) is 4.79 Å². The fourth-order valence-corrected chi connectivity index (χ4v) is 5.87. The molecule has 206 valence electrons. The molecule has 0 radical (unpaired) electrons. The molecule has 0 aromatic heterocycles. The summed E-state index contributed by atoms with van der Waals surface area (Å²) < 4.78 is 27.8. The maximum atomic E-state index is 12.8. The van der Waals surface area contributed by atoms with E-state index >= 15 is 0 Å². The Balaban J connectivity index is 1.41. The predicted molar refractivity (Wildman–Crippen MR) is 156 cm³/mol. The van der Waals surface area contributed by atoms with E-state index < -0.39 is 22.0 Å². The number of carboxylic acids is 1. The van der Waals surface area contributed by atoms with Gasteiger partial charge >= 0.3 is 12.0 Å². The van der Waals surface area contributed by atoms with Crippen molar-refractivity contribution < 1.29 is 23.1 Å². The summed E-state index contributed by atoms with van der Waals surface area (Å²) in [6.07, 6.45) is -0.101. The van der Waals surface area contributed by atoms with Crippen molar-refractivity contribution in [2.24, 2.45) is 0 Å². The van der Waals surface area contributed by atoms with Gasteiger partial charge in [-0.25, -0.2) is 13.2 Å². The number of carboxylic acid groups (broad SMARTS) is 1. The number of hydrogen-bond donors (Lipinski definition) is 4. The summed E-state index contributed by atoms with van der Waals surface area (Å²) in [4.78, 5) is 23.9.